The lowest BCUT2D eigenvalue weighted by molar-refractivity contribution is 0.601. The maximum Gasteiger partial charge on any atom is 0.263 e. The summed E-state index contributed by atoms with van der Waals surface area (Å²) in [7, 11) is -2.12. The van der Waals surface area contributed by atoms with Gasteiger partial charge in [-0.1, -0.05) is 12.1 Å². The summed E-state index contributed by atoms with van der Waals surface area (Å²) in [6.45, 7) is 1.64. The van der Waals surface area contributed by atoms with Crippen LogP contribution < -0.4 is 10.0 Å². The summed E-state index contributed by atoms with van der Waals surface area (Å²) in [4.78, 5) is 0.132. The van der Waals surface area contributed by atoms with Gasteiger partial charge in [0.1, 0.15) is 10.7 Å². The predicted molar refractivity (Wildman–Crippen MR) is 85.6 cm³/mol. The van der Waals surface area contributed by atoms with E-state index in [0.717, 1.165) is 0 Å². The second-order valence-electron chi connectivity index (χ2n) is 4.43. The number of aryl methyl sites for hydroxylation is 1. The van der Waals surface area contributed by atoms with Gasteiger partial charge < -0.3 is 5.32 Å². The van der Waals surface area contributed by atoms with E-state index >= 15 is 0 Å². The molecule has 21 heavy (non-hydrogen) atoms. The summed E-state index contributed by atoms with van der Waals surface area (Å²) in [6, 6.07) is 9.23. The molecule has 112 valence electrons. The van der Waals surface area contributed by atoms with E-state index in [2.05, 4.69) is 26.0 Å². The molecular weight excluding hydrogens is 359 g/mol. The van der Waals surface area contributed by atoms with Crippen LogP contribution in [0, 0.1) is 12.7 Å². The van der Waals surface area contributed by atoms with Crippen molar-refractivity contribution in [1.82, 2.24) is 0 Å². The third-order valence-corrected chi connectivity index (χ3v) is 4.99. The largest absolute Gasteiger partial charge is 0.387 e. The van der Waals surface area contributed by atoms with Gasteiger partial charge in [-0.2, -0.15) is 0 Å². The van der Waals surface area contributed by atoms with E-state index in [1.807, 2.05) is 0 Å². The Labute approximate surface area is 131 Å². The van der Waals surface area contributed by atoms with Crippen molar-refractivity contribution < 1.29 is 12.8 Å². The third-order valence-electron chi connectivity index (χ3n) is 2.96. The lowest BCUT2D eigenvalue weighted by atomic mass is 10.2. The molecule has 2 rings (SSSR count). The van der Waals surface area contributed by atoms with E-state index in [-0.39, 0.29) is 9.37 Å². The lowest BCUT2D eigenvalue weighted by Gasteiger charge is -2.14. The molecule has 2 aromatic carbocycles. The van der Waals surface area contributed by atoms with Gasteiger partial charge in [0.2, 0.25) is 0 Å². The second kappa shape index (κ2) is 6.03. The molecule has 2 N–H and O–H groups in total. The van der Waals surface area contributed by atoms with Gasteiger partial charge in [-0.15, -0.1) is 0 Å². The molecule has 0 spiro atoms. The zero-order chi connectivity index (χ0) is 15.6. The number of halogens is 2. The molecular formula is C14H14BrFN2O2S. The maximum absolute atomic E-state index is 13.4. The number of benzene rings is 2. The standard InChI is InChI=1S/C14H14BrFN2O2S/c1-9-7-11(16)10(15)8-13(9)18-21(19,20)14-6-4-3-5-12(14)17-2/h3-8,17-18H,1-2H3. The Hall–Kier alpha value is -1.60. The number of nitrogens with one attached hydrogen (secondary N) is 2. The lowest BCUT2D eigenvalue weighted by Crippen LogP contribution is -2.15. The molecule has 0 aliphatic rings. The average molecular weight is 373 g/mol. The summed E-state index contributed by atoms with van der Waals surface area (Å²) in [5.74, 6) is -0.439. The van der Waals surface area contributed by atoms with Gasteiger partial charge in [0.15, 0.2) is 0 Å². The highest BCUT2D eigenvalue weighted by molar-refractivity contribution is 9.10. The molecule has 2 aromatic rings. The first kappa shape index (κ1) is 15.8. The van der Waals surface area contributed by atoms with Gasteiger partial charge in [-0.25, -0.2) is 12.8 Å². The van der Waals surface area contributed by atoms with E-state index in [0.29, 0.717) is 16.9 Å². The molecule has 0 saturated carbocycles. The van der Waals surface area contributed by atoms with Crippen molar-refractivity contribution in [1.29, 1.82) is 0 Å². The van der Waals surface area contributed by atoms with E-state index < -0.39 is 15.8 Å². The number of para-hydroxylation sites is 1. The predicted octanol–water partition coefficient (Wildman–Crippen LogP) is 3.74. The quantitative estimate of drug-likeness (QED) is 0.859. The Balaban J connectivity index is 2.45. The number of anilines is 2. The summed E-state index contributed by atoms with van der Waals surface area (Å²) in [6.07, 6.45) is 0. The molecule has 0 radical (unpaired) electrons. The molecule has 0 amide bonds. The maximum atomic E-state index is 13.4. The van der Waals surface area contributed by atoms with Gasteiger partial charge >= 0.3 is 0 Å². The smallest absolute Gasteiger partial charge is 0.263 e. The van der Waals surface area contributed by atoms with Crippen molar-refractivity contribution in [3.05, 3.63) is 52.3 Å². The van der Waals surface area contributed by atoms with Crippen LogP contribution in [0.2, 0.25) is 0 Å². The van der Waals surface area contributed by atoms with Crippen LogP contribution in [-0.2, 0) is 10.0 Å². The summed E-state index contributed by atoms with van der Waals surface area (Å²) >= 11 is 3.05. The second-order valence-corrected chi connectivity index (χ2v) is 6.94. The van der Waals surface area contributed by atoms with Crippen molar-refractivity contribution >= 4 is 37.3 Å². The first-order valence-electron chi connectivity index (χ1n) is 6.10. The fourth-order valence-corrected chi connectivity index (χ4v) is 3.54. The van der Waals surface area contributed by atoms with E-state index in [1.54, 1.807) is 32.2 Å². The molecule has 0 aliphatic carbocycles. The SMILES string of the molecule is CNc1ccccc1S(=O)(=O)Nc1cc(Br)c(F)cc1C. The van der Waals surface area contributed by atoms with Gasteiger partial charge in [0.25, 0.3) is 10.0 Å². The van der Waals surface area contributed by atoms with Crippen LogP contribution in [-0.4, -0.2) is 15.5 Å². The van der Waals surface area contributed by atoms with Crippen LogP contribution in [0.25, 0.3) is 0 Å². The molecule has 4 nitrogen and oxygen atoms in total. The Bertz CT molecular complexity index is 779. The van der Waals surface area contributed by atoms with Crippen molar-refractivity contribution in [2.24, 2.45) is 0 Å². The minimum absolute atomic E-state index is 0.132. The van der Waals surface area contributed by atoms with Crippen LogP contribution >= 0.6 is 15.9 Å². The zero-order valence-electron chi connectivity index (χ0n) is 11.4. The number of hydrogen-bond donors (Lipinski definition) is 2. The van der Waals surface area contributed by atoms with Crippen molar-refractivity contribution in [2.45, 2.75) is 11.8 Å². The van der Waals surface area contributed by atoms with Crippen molar-refractivity contribution in [3.8, 4) is 0 Å². The first-order chi connectivity index (χ1) is 9.85. The molecule has 0 aromatic heterocycles. The molecule has 0 atom stereocenters. The Kier molecular flexibility index (Phi) is 4.53. The molecule has 7 heteroatoms. The topological polar surface area (TPSA) is 58.2 Å². The normalized spacial score (nSPS) is 11.2. The molecule has 0 heterocycles. The summed E-state index contributed by atoms with van der Waals surface area (Å²) in [5, 5.41) is 2.83. The first-order valence-corrected chi connectivity index (χ1v) is 8.38. The van der Waals surface area contributed by atoms with Gasteiger partial charge in [0.05, 0.1) is 15.8 Å². The average Bonchev–Trinajstić information content (AvgIpc) is 2.44. The van der Waals surface area contributed by atoms with E-state index in [4.69, 9.17) is 0 Å². The zero-order valence-corrected chi connectivity index (χ0v) is 13.8. The highest BCUT2D eigenvalue weighted by Gasteiger charge is 2.19. The monoisotopic (exact) mass is 372 g/mol. The molecule has 0 aliphatic heterocycles. The molecule has 0 unspecified atom stereocenters. The van der Waals surface area contributed by atoms with Gasteiger partial charge in [-0.3, -0.25) is 4.72 Å². The van der Waals surface area contributed by atoms with Crippen LogP contribution in [0.5, 0.6) is 0 Å². The summed E-state index contributed by atoms with van der Waals surface area (Å²) < 4.78 is 41.0. The van der Waals surface area contributed by atoms with Crippen molar-refractivity contribution in [2.75, 3.05) is 17.1 Å². The highest BCUT2D eigenvalue weighted by atomic mass is 79.9. The number of hydrogen-bond acceptors (Lipinski definition) is 3. The van der Waals surface area contributed by atoms with E-state index in [9.17, 15) is 12.8 Å². The fraction of sp³-hybridized carbons (Fsp3) is 0.143. The molecule has 0 fully saturated rings. The Morgan fingerprint density at radius 3 is 2.48 bits per heavy atom. The van der Waals surface area contributed by atoms with Crippen LogP contribution in [0.3, 0.4) is 0 Å². The third kappa shape index (κ3) is 3.36. The number of rotatable bonds is 4. The Morgan fingerprint density at radius 1 is 1.14 bits per heavy atom. The highest BCUT2D eigenvalue weighted by Crippen LogP contribution is 2.28. The fourth-order valence-electron chi connectivity index (χ4n) is 1.86. The van der Waals surface area contributed by atoms with Crippen LogP contribution in [0.15, 0.2) is 45.8 Å². The van der Waals surface area contributed by atoms with E-state index in [1.165, 1.54) is 18.2 Å². The minimum Gasteiger partial charge on any atom is -0.387 e. The number of sulfonamides is 1. The Morgan fingerprint density at radius 2 is 1.81 bits per heavy atom. The molecule has 0 bridgehead atoms. The van der Waals surface area contributed by atoms with Crippen LogP contribution in [0.4, 0.5) is 15.8 Å². The molecule has 0 saturated heterocycles. The summed E-state index contributed by atoms with van der Waals surface area (Å²) in [5.41, 5.74) is 1.32. The minimum atomic E-state index is -3.76. The van der Waals surface area contributed by atoms with Crippen LogP contribution in [0.1, 0.15) is 5.56 Å². The van der Waals surface area contributed by atoms with Gasteiger partial charge in [-0.05, 0) is 52.7 Å². The van der Waals surface area contributed by atoms with Crippen molar-refractivity contribution in [3.63, 3.8) is 0 Å². The van der Waals surface area contributed by atoms with Gasteiger partial charge in [0, 0.05) is 7.05 Å².